The highest BCUT2D eigenvalue weighted by atomic mass is 14.7. The minimum Gasteiger partial charge on any atom is -0.361 e. The minimum absolute atomic E-state index is 0.225. The van der Waals surface area contributed by atoms with Gasteiger partial charge in [-0.05, 0) is 22.8 Å². The van der Waals surface area contributed by atoms with Crippen molar-refractivity contribution in [3.8, 4) is 0 Å². The summed E-state index contributed by atoms with van der Waals surface area (Å²) >= 11 is 0. The Morgan fingerprint density at radius 1 is 0.708 bits per heavy atom. The molecule has 0 aliphatic rings. The average molecular weight is 309 g/mol. The third kappa shape index (κ3) is 2.89. The van der Waals surface area contributed by atoms with E-state index in [-0.39, 0.29) is 5.92 Å². The van der Waals surface area contributed by atoms with Crippen molar-refractivity contribution in [3.05, 3.63) is 114 Å². The molecule has 0 saturated carbocycles. The third-order valence-electron chi connectivity index (χ3n) is 4.40. The van der Waals surface area contributed by atoms with Gasteiger partial charge in [-0.3, -0.25) is 0 Å². The molecule has 0 amide bonds. The molecule has 1 unspecified atom stereocenters. The van der Waals surface area contributed by atoms with Crippen molar-refractivity contribution in [3.63, 3.8) is 0 Å². The smallest absolute Gasteiger partial charge is 0.0457 e. The predicted molar refractivity (Wildman–Crippen MR) is 102 cm³/mol. The Morgan fingerprint density at radius 3 is 2.17 bits per heavy atom. The van der Waals surface area contributed by atoms with Gasteiger partial charge in [0.2, 0.25) is 0 Å². The molecule has 0 aliphatic carbocycles. The molecule has 0 radical (unpaired) electrons. The molecular formula is C23H19N. The van der Waals surface area contributed by atoms with Crippen LogP contribution in [0.1, 0.15) is 22.6 Å². The highest BCUT2D eigenvalue weighted by Gasteiger charge is 2.15. The Bertz CT molecular complexity index is 949. The van der Waals surface area contributed by atoms with Gasteiger partial charge in [-0.25, -0.2) is 0 Å². The fourth-order valence-corrected chi connectivity index (χ4v) is 3.18. The van der Waals surface area contributed by atoms with Crippen LogP contribution in [-0.4, -0.2) is 4.98 Å². The molecular weight excluding hydrogens is 290 g/mol. The van der Waals surface area contributed by atoms with Gasteiger partial charge in [0.15, 0.2) is 0 Å². The van der Waals surface area contributed by atoms with Crippen LogP contribution in [0.4, 0.5) is 0 Å². The highest BCUT2D eigenvalue weighted by molar-refractivity contribution is 5.84. The van der Waals surface area contributed by atoms with E-state index in [9.17, 15) is 0 Å². The largest absolute Gasteiger partial charge is 0.361 e. The molecule has 1 heteroatoms. The molecule has 1 heterocycles. The molecule has 24 heavy (non-hydrogen) atoms. The first-order valence-corrected chi connectivity index (χ1v) is 8.26. The second-order valence-electron chi connectivity index (χ2n) is 5.95. The summed E-state index contributed by atoms with van der Waals surface area (Å²) in [5.74, 6) is 0.225. The SMILES string of the molecule is C(=C/C(c1ccccc1)c1c[nH]c2ccccc12)/c1ccccc1. The van der Waals surface area contributed by atoms with Gasteiger partial charge < -0.3 is 4.98 Å². The monoisotopic (exact) mass is 309 g/mol. The van der Waals surface area contributed by atoms with E-state index in [2.05, 4.69) is 102 Å². The quantitative estimate of drug-likeness (QED) is 0.475. The Kier molecular flexibility index (Phi) is 3.99. The van der Waals surface area contributed by atoms with Gasteiger partial charge in [-0.15, -0.1) is 0 Å². The van der Waals surface area contributed by atoms with Crippen molar-refractivity contribution in [2.24, 2.45) is 0 Å². The fourth-order valence-electron chi connectivity index (χ4n) is 3.18. The lowest BCUT2D eigenvalue weighted by Gasteiger charge is -2.13. The Balaban J connectivity index is 1.80. The van der Waals surface area contributed by atoms with Gasteiger partial charge in [0.1, 0.15) is 0 Å². The first-order chi connectivity index (χ1) is 11.9. The van der Waals surface area contributed by atoms with Crippen molar-refractivity contribution in [1.82, 2.24) is 4.98 Å². The zero-order valence-electron chi connectivity index (χ0n) is 13.4. The van der Waals surface area contributed by atoms with Crippen molar-refractivity contribution in [2.75, 3.05) is 0 Å². The second kappa shape index (κ2) is 6.59. The zero-order chi connectivity index (χ0) is 16.2. The number of aromatic amines is 1. The fraction of sp³-hybridized carbons (Fsp3) is 0.0435. The first-order valence-electron chi connectivity index (χ1n) is 8.26. The lowest BCUT2D eigenvalue weighted by molar-refractivity contribution is 1.04. The van der Waals surface area contributed by atoms with Crippen molar-refractivity contribution in [2.45, 2.75) is 5.92 Å². The third-order valence-corrected chi connectivity index (χ3v) is 4.40. The molecule has 4 rings (SSSR count). The second-order valence-corrected chi connectivity index (χ2v) is 5.95. The van der Waals surface area contributed by atoms with E-state index >= 15 is 0 Å². The number of nitrogens with one attached hydrogen (secondary N) is 1. The van der Waals surface area contributed by atoms with Crippen molar-refractivity contribution < 1.29 is 0 Å². The highest BCUT2D eigenvalue weighted by Crippen LogP contribution is 2.32. The van der Waals surface area contributed by atoms with Crippen LogP contribution in [-0.2, 0) is 0 Å². The number of fused-ring (bicyclic) bond motifs is 1. The molecule has 1 aromatic heterocycles. The summed E-state index contributed by atoms with van der Waals surface area (Å²) in [7, 11) is 0. The summed E-state index contributed by atoms with van der Waals surface area (Å²) in [6, 6.07) is 29.6. The number of benzene rings is 3. The molecule has 3 aromatic carbocycles. The topological polar surface area (TPSA) is 15.8 Å². The molecule has 116 valence electrons. The molecule has 1 atom stereocenters. The summed E-state index contributed by atoms with van der Waals surface area (Å²) < 4.78 is 0. The molecule has 1 nitrogen and oxygen atoms in total. The molecule has 0 aliphatic heterocycles. The Morgan fingerprint density at radius 2 is 1.38 bits per heavy atom. The standard InChI is InChI=1S/C23H19N/c1-3-9-18(10-4-1)15-16-20(19-11-5-2-6-12-19)22-17-24-23-14-8-7-13-21(22)23/h1-17,20,24H/b16-15-. The zero-order valence-corrected chi connectivity index (χ0v) is 13.4. The van der Waals surface area contributed by atoms with Crippen LogP contribution in [0, 0.1) is 0 Å². The summed E-state index contributed by atoms with van der Waals surface area (Å²) in [6.45, 7) is 0. The summed E-state index contributed by atoms with van der Waals surface area (Å²) in [5.41, 5.74) is 5.01. The van der Waals surface area contributed by atoms with Crippen LogP contribution >= 0.6 is 0 Å². The van der Waals surface area contributed by atoms with E-state index in [0.29, 0.717) is 0 Å². The van der Waals surface area contributed by atoms with Crippen molar-refractivity contribution >= 4 is 17.0 Å². The van der Waals surface area contributed by atoms with Crippen LogP contribution in [0.15, 0.2) is 97.2 Å². The molecule has 1 N–H and O–H groups in total. The lowest BCUT2D eigenvalue weighted by atomic mass is 9.90. The number of hydrogen-bond donors (Lipinski definition) is 1. The van der Waals surface area contributed by atoms with Gasteiger partial charge in [0.05, 0.1) is 0 Å². The average Bonchev–Trinajstić information content (AvgIpc) is 3.08. The van der Waals surface area contributed by atoms with E-state index in [4.69, 9.17) is 0 Å². The normalized spacial score (nSPS) is 12.7. The molecule has 0 spiro atoms. The molecule has 0 fully saturated rings. The van der Waals surface area contributed by atoms with Gasteiger partial charge >= 0.3 is 0 Å². The van der Waals surface area contributed by atoms with E-state index in [0.717, 1.165) is 0 Å². The van der Waals surface area contributed by atoms with Crippen LogP contribution in [0.25, 0.3) is 17.0 Å². The number of H-pyrrole nitrogens is 1. The molecule has 0 bridgehead atoms. The summed E-state index contributed by atoms with van der Waals surface area (Å²) in [4.78, 5) is 3.40. The van der Waals surface area contributed by atoms with Crippen LogP contribution in [0.5, 0.6) is 0 Å². The maximum Gasteiger partial charge on any atom is 0.0457 e. The maximum atomic E-state index is 3.40. The lowest BCUT2D eigenvalue weighted by Crippen LogP contribution is -1.96. The van der Waals surface area contributed by atoms with Gasteiger partial charge in [0, 0.05) is 23.0 Å². The number of rotatable bonds is 4. The van der Waals surface area contributed by atoms with E-state index in [1.54, 1.807) is 0 Å². The van der Waals surface area contributed by atoms with Crippen LogP contribution in [0.3, 0.4) is 0 Å². The van der Waals surface area contributed by atoms with E-state index < -0.39 is 0 Å². The number of aromatic nitrogens is 1. The first kappa shape index (κ1) is 14.5. The van der Waals surface area contributed by atoms with E-state index in [1.165, 1.54) is 27.6 Å². The Hall–Kier alpha value is -3.06. The molecule has 4 aromatic rings. The van der Waals surface area contributed by atoms with Crippen molar-refractivity contribution in [1.29, 1.82) is 0 Å². The van der Waals surface area contributed by atoms with Crippen LogP contribution in [0.2, 0.25) is 0 Å². The Labute approximate surface area is 142 Å². The minimum atomic E-state index is 0.225. The number of allylic oxidation sites excluding steroid dienone is 1. The van der Waals surface area contributed by atoms with Gasteiger partial charge in [-0.2, -0.15) is 0 Å². The van der Waals surface area contributed by atoms with Crippen LogP contribution < -0.4 is 0 Å². The van der Waals surface area contributed by atoms with Gasteiger partial charge in [-0.1, -0.05) is 91.0 Å². The number of para-hydroxylation sites is 1. The summed E-state index contributed by atoms with van der Waals surface area (Å²) in [6.07, 6.45) is 6.64. The molecule has 0 saturated heterocycles. The summed E-state index contributed by atoms with van der Waals surface area (Å²) in [5, 5.41) is 1.28. The predicted octanol–water partition coefficient (Wildman–Crippen LogP) is 6.01. The van der Waals surface area contributed by atoms with Gasteiger partial charge in [0.25, 0.3) is 0 Å². The van der Waals surface area contributed by atoms with E-state index in [1.807, 2.05) is 6.07 Å². The maximum absolute atomic E-state index is 3.40. The number of hydrogen-bond acceptors (Lipinski definition) is 0.